The van der Waals surface area contributed by atoms with E-state index in [9.17, 15) is 0 Å². The van der Waals surface area contributed by atoms with Crippen molar-refractivity contribution >= 4 is 5.82 Å². The van der Waals surface area contributed by atoms with Crippen molar-refractivity contribution in [3.63, 3.8) is 0 Å². The van der Waals surface area contributed by atoms with Crippen LogP contribution in [0, 0.1) is 6.92 Å². The molecule has 2 heterocycles. The third-order valence-electron chi connectivity index (χ3n) is 2.93. The van der Waals surface area contributed by atoms with Crippen LogP contribution in [0.1, 0.15) is 12.5 Å². The molecule has 1 atom stereocenters. The summed E-state index contributed by atoms with van der Waals surface area (Å²) >= 11 is 0. The van der Waals surface area contributed by atoms with Gasteiger partial charge in [0, 0.05) is 13.1 Å². The van der Waals surface area contributed by atoms with Crippen LogP contribution in [0.4, 0.5) is 5.82 Å². The Morgan fingerprint density at radius 2 is 2.47 bits per heavy atom. The minimum atomic E-state index is 0.347. The number of likely N-dealkylation sites (N-methyl/N-ethyl adjacent to an activating group) is 1. The fourth-order valence-electron chi connectivity index (χ4n) is 2.03. The standard InChI is InChI=1S/C12H20N4O/c1-3-13-8-11-9-17-5-4-16(11)12-6-10(2)7-14-15-12/h6-7,11,13H,3-5,8-9H2,1-2H3. The van der Waals surface area contributed by atoms with Gasteiger partial charge in [-0.1, -0.05) is 6.92 Å². The summed E-state index contributed by atoms with van der Waals surface area (Å²) in [6.45, 7) is 8.45. The van der Waals surface area contributed by atoms with Crippen molar-refractivity contribution in [2.75, 3.05) is 37.7 Å². The van der Waals surface area contributed by atoms with Crippen LogP contribution >= 0.6 is 0 Å². The van der Waals surface area contributed by atoms with Crippen molar-refractivity contribution in [3.8, 4) is 0 Å². The van der Waals surface area contributed by atoms with E-state index >= 15 is 0 Å². The lowest BCUT2D eigenvalue weighted by Crippen LogP contribution is -2.51. The molecule has 0 bridgehead atoms. The van der Waals surface area contributed by atoms with E-state index in [1.807, 2.05) is 6.92 Å². The molecule has 5 heteroatoms. The van der Waals surface area contributed by atoms with E-state index in [1.54, 1.807) is 6.20 Å². The highest BCUT2D eigenvalue weighted by Gasteiger charge is 2.23. The van der Waals surface area contributed by atoms with E-state index in [0.29, 0.717) is 6.04 Å². The van der Waals surface area contributed by atoms with Crippen LogP contribution in [0.5, 0.6) is 0 Å². The Labute approximate surface area is 102 Å². The van der Waals surface area contributed by atoms with Gasteiger partial charge in [-0.15, -0.1) is 5.10 Å². The largest absolute Gasteiger partial charge is 0.377 e. The summed E-state index contributed by atoms with van der Waals surface area (Å²) < 4.78 is 5.53. The summed E-state index contributed by atoms with van der Waals surface area (Å²) in [6, 6.07) is 2.43. The maximum Gasteiger partial charge on any atom is 0.151 e. The van der Waals surface area contributed by atoms with Gasteiger partial charge in [0.1, 0.15) is 0 Å². The van der Waals surface area contributed by atoms with Gasteiger partial charge in [-0.05, 0) is 25.1 Å². The monoisotopic (exact) mass is 236 g/mol. The highest BCUT2D eigenvalue weighted by molar-refractivity contribution is 5.41. The first kappa shape index (κ1) is 12.3. The lowest BCUT2D eigenvalue weighted by molar-refractivity contribution is 0.0934. The number of aromatic nitrogens is 2. The van der Waals surface area contributed by atoms with E-state index in [0.717, 1.165) is 44.2 Å². The van der Waals surface area contributed by atoms with Gasteiger partial charge >= 0.3 is 0 Å². The molecule has 2 rings (SSSR count). The zero-order valence-corrected chi connectivity index (χ0v) is 10.5. The normalized spacial score (nSPS) is 20.6. The molecule has 5 nitrogen and oxygen atoms in total. The summed E-state index contributed by atoms with van der Waals surface area (Å²) in [5.74, 6) is 0.955. The molecule has 1 N–H and O–H groups in total. The SMILES string of the molecule is CCNCC1COCCN1c1cc(C)cnn1. The molecule has 0 spiro atoms. The van der Waals surface area contributed by atoms with E-state index in [4.69, 9.17) is 4.74 Å². The number of rotatable bonds is 4. The van der Waals surface area contributed by atoms with E-state index < -0.39 is 0 Å². The zero-order chi connectivity index (χ0) is 12.1. The van der Waals surface area contributed by atoms with Crippen LogP contribution in [-0.2, 0) is 4.74 Å². The van der Waals surface area contributed by atoms with Gasteiger partial charge in [-0.2, -0.15) is 5.10 Å². The number of anilines is 1. The summed E-state index contributed by atoms with van der Waals surface area (Å²) in [7, 11) is 0. The van der Waals surface area contributed by atoms with Crippen molar-refractivity contribution < 1.29 is 4.74 Å². The summed E-state index contributed by atoms with van der Waals surface area (Å²) in [6.07, 6.45) is 1.78. The van der Waals surface area contributed by atoms with Gasteiger partial charge in [0.25, 0.3) is 0 Å². The molecule has 1 aromatic heterocycles. The first-order valence-electron chi connectivity index (χ1n) is 6.15. The van der Waals surface area contributed by atoms with Crippen molar-refractivity contribution in [1.82, 2.24) is 15.5 Å². The Bertz CT molecular complexity index is 358. The Morgan fingerprint density at radius 3 is 3.24 bits per heavy atom. The van der Waals surface area contributed by atoms with Gasteiger partial charge in [0.05, 0.1) is 25.5 Å². The second-order valence-electron chi connectivity index (χ2n) is 4.32. The number of nitrogens with zero attached hydrogens (tertiary/aromatic N) is 3. The molecule has 1 aliphatic rings. The zero-order valence-electron chi connectivity index (χ0n) is 10.5. The van der Waals surface area contributed by atoms with Crippen LogP contribution in [0.25, 0.3) is 0 Å². The van der Waals surface area contributed by atoms with Gasteiger partial charge in [-0.25, -0.2) is 0 Å². The fourth-order valence-corrected chi connectivity index (χ4v) is 2.03. The average molecular weight is 236 g/mol. The molecule has 1 fully saturated rings. The quantitative estimate of drug-likeness (QED) is 0.829. The maximum absolute atomic E-state index is 5.53. The Kier molecular flexibility index (Phi) is 4.28. The maximum atomic E-state index is 5.53. The van der Waals surface area contributed by atoms with E-state index in [2.05, 4.69) is 33.4 Å². The third kappa shape index (κ3) is 3.14. The Balaban J connectivity index is 2.10. The minimum absolute atomic E-state index is 0.347. The molecule has 0 saturated carbocycles. The topological polar surface area (TPSA) is 50.3 Å². The first-order valence-corrected chi connectivity index (χ1v) is 6.15. The van der Waals surface area contributed by atoms with E-state index in [-0.39, 0.29) is 0 Å². The Morgan fingerprint density at radius 1 is 1.59 bits per heavy atom. The van der Waals surface area contributed by atoms with Gasteiger partial charge < -0.3 is 15.0 Å². The summed E-state index contributed by atoms with van der Waals surface area (Å²) in [4.78, 5) is 2.28. The number of hydrogen-bond acceptors (Lipinski definition) is 5. The lowest BCUT2D eigenvalue weighted by Gasteiger charge is -2.36. The molecule has 1 aromatic rings. The van der Waals surface area contributed by atoms with Crippen molar-refractivity contribution in [3.05, 3.63) is 17.8 Å². The van der Waals surface area contributed by atoms with Crippen LogP contribution in [-0.4, -0.2) is 49.1 Å². The smallest absolute Gasteiger partial charge is 0.151 e. The summed E-state index contributed by atoms with van der Waals surface area (Å²) in [5.41, 5.74) is 1.14. The number of morpholine rings is 1. The van der Waals surface area contributed by atoms with Crippen LogP contribution in [0.3, 0.4) is 0 Å². The van der Waals surface area contributed by atoms with Crippen molar-refractivity contribution in [2.24, 2.45) is 0 Å². The minimum Gasteiger partial charge on any atom is -0.377 e. The molecule has 0 radical (unpaired) electrons. The van der Waals surface area contributed by atoms with E-state index in [1.165, 1.54) is 0 Å². The first-order chi connectivity index (χ1) is 8.31. The third-order valence-corrected chi connectivity index (χ3v) is 2.93. The number of nitrogens with one attached hydrogen (secondary N) is 1. The second kappa shape index (κ2) is 5.93. The second-order valence-corrected chi connectivity index (χ2v) is 4.32. The molecule has 1 aliphatic heterocycles. The highest BCUT2D eigenvalue weighted by Crippen LogP contribution is 2.16. The highest BCUT2D eigenvalue weighted by atomic mass is 16.5. The molecular formula is C12H20N4O. The predicted molar refractivity (Wildman–Crippen MR) is 67.3 cm³/mol. The van der Waals surface area contributed by atoms with Crippen molar-refractivity contribution in [2.45, 2.75) is 19.9 Å². The van der Waals surface area contributed by atoms with Gasteiger partial charge in [-0.3, -0.25) is 0 Å². The van der Waals surface area contributed by atoms with Crippen LogP contribution in [0.2, 0.25) is 0 Å². The fraction of sp³-hybridized carbons (Fsp3) is 0.667. The lowest BCUT2D eigenvalue weighted by atomic mass is 10.2. The number of hydrogen-bond donors (Lipinski definition) is 1. The molecule has 1 unspecified atom stereocenters. The Hall–Kier alpha value is -1.20. The average Bonchev–Trinajstić information content (AvgIpc) is 2.37. The van der Waals surface area contributed by atoms with Gasteiger partial charge in [0.15, 0.2) is 5.82 Å². The molecular weight excluding hydrogens is 216 g/mol. The number of ether oxygens (including phenoxy) is 1. The molecule has 17 heavy (non-hydrogen) atoms. The molecule has 1 saturated heterocycles. The summed E-state index contributed by atoms with van der Waals surface area (Å²) in [5, 5.41) is 11.6. The molecule has 0 amide bonds. The van der Waals surface area contributed by atoms with Crippen molar-refractivity contribution in [1.29, 1.82) is 0 Å². The number of aryl methyl sites for hydroxylation is 1. The van der Waals surface area contributed by atoms with Crippen LogP contribution in [0.15, 0.2) is 12.3 Å². The molecule has 0 aliphatic carbocycles. The predicted octanol–water partition coefficient (Wildman–Crippen LogP) is 0.600. The van der Waals surface area contributed by atoms with Crippen LogP contribution < -0.4 is 10.2 Å². The van der Waals surface area contributed by atoms with Gasteiger partial charge in [0.2, 0.25) is 0 Å². The molecule has 0 aromatic carbocycles. The molecule has 94 valence electrons.